The number of esters is 1. The molecule has 0 aromatic heterocycles. The first-order chi connectivity index (χ1) is 9.38. The van der Waals surface area contributed by atoms with E-state index in [1.807, 2.05) is 0 Å². The first kappa shape index (κ1) is 14.8. The molecule has 1 aliphatic heterocycles. The summed E-state index contributed by atoms with van der Waals surface area (Å²) in [5, 5.41) is -0.722. The van der Waals surface area contributed by atoms with E-state index in [1.165, 1.54) is 25.3 Å². The fraction of sp³-hybridized carbons (Fsp3) is 0.0833. The van der Waals surface area contributed by atoms with Crippen molar-refractivity contribution in [2.75, 3.05) is 12.0 Å². The van der Waals surface area contributed by atoms with Crippen LogP contribution in [0.1, 0.15) is 10.4 Å². The second kappa shape index (κ2) is 5.44. The Morgan fingerprint density at radius 2 is 1.65 bits per heavy atom. The number of methoxy groups -OCH3 is 1. The van der Waals surface area contributed by atoms with Crippen molar-refractivity contribution < 1.29 is 19.1 Å². The Labute approximate surface area is 128 Å². The summed E-state index contributed by atoms with van der Waals surface area (Å²) in [6.45, 7) is 0. The molecule has 0 radical (unpaired) electrons. The summed E-state index contributed by atoms with van der Waals surface area (Å²) in [5.41, 5.74) is 0.272. The van der Waals surface area contributed by atoms with Crippen LogP contribution in [0.4, 0.5) is 5.69 Å². The van der Waals surface area contributed by atoms with Gasteiger partial charge in [0.2, 0.25) is 0 Å². The summed E-state index contributed by atoms with van der Waals surface area (Å²) >= 11 is 17.2. The number of ether oxygens (including phenoxy) is 1. The van der Waals surface area contributed by atoms with Crippen LogP contribution >= 0.6 is 34.8 Å². The van der Waals surface area contributed by atoms with Crippen molar-refractivity contribution in [3.63, 3.8) is 0 Å². The molecule has 0 N–H and O–H groups in total. The van der Waals surface area contributed by atoms with Gasteiger partial charge in [0.1, 0.15) is 10.1 Å². The molecule has 0 fully saturated rings. The molecule has 0 atom stereocenters. The smallest absolute Gasteiger partial charge is 0.337 e. The summed E-state index contributed by atoms with van der Waals surface area (Å²) in [7, 11) is 1.22. The van der Waals surface area contributed by atoms with E-state index in [2.05, 4.69) is 4.74 Å². The van der Waals surface area contributed by atoms with Gasteiger partial charge in [-0.25, -0.2) is 9.69 Å². The van der Waals surface area contributed by atoms with Crippen molar-refractivity contribution in [2.45, 2.75) is 0 Å². The minimum absolute atomic E-state index is 0.0189. The summed E-state index contributed by atoms with van der Waals surface area (Å²) in [4.78, 5) is 35.8. The Hall–Kier alpha value is -1.56. The third-order valence-corrected chi connectivity index (χ3v) is 3.68. The van der Waals surface area contributed by atoms with Gasteiger partial charge in [0.15, 0.2) is 0 Å². The van der Waals surface area contributed by atoms with Crippen molar-refractivity contribution in [2.24, 2.45) is 0 Å². The molecule has 1 aromatic carbocycles. The maximum absolute atomic E-state index is 11.8. The number of nitrogens with zero attached hydrogens (tertiary/aromatic N) is 1. The second-order valence-corrected chi connectivity index (χ2v) is 4.89. The molecule has 1 heterocycles. The monoisotopic (exact) mass is 333 g/mol. The van der Waals surface area contributed by atoms with E-state index in [9.17, 15) is 14.4 Å². The van der Waals surface area contributed by atoms with Crippen LogP contribution in [0, 0.1) is 0 Å². The average Bonchev–Trinajstić information content (AvgIpc) is 2.63. The van der Waals surface area contributed by atoms with Crippen LogP contribution in [0.25, 0.3) is 0 Å². The quantitative estimate of drug-likeness (QED) is 0.616. The molecule has 1 aromatic rings. The largest absolute Gasteiger partial charge is 0.465 e. The van der Waals surface area contributed by atoms with Crippen LogP contribution in [-0.4, -0.2) is 24.9 Å². The number of hydrogen-bond acceptors (Lipinski definition) is 4. The van der Waals surface area contributed by atoms with E-state index < -0.39 is 17.8 Å². The Morgan fingerprint density at radius 3 is 2.10 bits per heavy atom. The minimum Gasteiger partial charge on any atom is -0.465 e. The lowest BCUT2D eigenvalue weighted by Gasteiger charge is -2.16. The molecule has 0 saturated carbocycles. The lowest BCUT2D eigenvalue weighted by molar-refractivity contribution is -0.120. The maximum atomic E-state index is 11.8. The van der Waals surface area contributed by atoms with Gasteiger partial charge in [-0.1, -0.05) is 34.8 Å². The van der Waals surface area contributed by atoms with Crippen molar-refractivity contribution >= 4 is 58.3 Å². The van der Waals surface area contributed by atoms with E-state index in [0.717, 1.165) is 4.90 Å². The third-order valence-electron chi connectivity index (χ3n) is 2.58. The number of hydrogen-bond donors (Lipinski definition) is 0. The summed E-state index contributed by atoms with van der Waals surface area (Å²) in [5.74, 6) is -2.13. The Morgan fingerprint density at radius 1 is 1.10 bits per heavy atom. The molecule has 0 spiro atoms. The molecular weight excluding hydrogens is 328 g/mol. The van der Waals surface area contributed by atoms with Gasteiger partial charge in [-0.05, 0) is 18.2 Å². The zero-order valence-corrected chi connectivity index (χ0v) is 12.2. The molecule has 104 valence electrons. The highest BCUT2D eigenvalue weighted by Gasteiger charge is 2.38. The molecule has 2 amide bonds. The van der Waals surface area contributed by atoms with E-state index >= 15 is 0 Å². The molecule has 1 aliphatic rings. The van der Waals surface area contributed by atoms with Crippen LogP contribution in [0.15, 0.2) is 28.3 Å². The average molecular weight is 335 g/mol. The van der Waals surface area contributed by atoms with Gasteiger partial charge in [0.25, 0.3) is 11.8 Å². The van der Waals surface area contributed by atoms with E-state index in [4.69, 9.17) is 34.8 Å². The predicted octanol–water partition coefficient (Wildman–Crippen LogP) is 2.69. The molecular formula is C12H6Cl3NO4. The lowest BCUT2D eigenvalue weighted by atomic mass is 10.2. The Balaban J connectivity index is 2.44. The van der Waals surface area contributed by atoms with E-state index in [1.54, 1.807) is 0 Å². The third kappa shape index (κ3) is 2.28. The molecule has 0 bridgehead atoms. The van der Waals surface area contributed by atoms with Gasteiger partial charge in [-0.2, -0.15) is 0 Å². The number of imide groups is 1. The number of rotatable bonds is 2. The van der Waals surface area contributed by atoms with Gasteiger partial charge in [0.05, 0.1) is 23.4 Å². The lowest BCUT2D eigenvalue weighted by Crippen LogP contribution is -2.31. The van der Waals surface area contributed by atoms with E-state index in [0.29, 0.717) is 0 Å². The fourth-order valence-corrected chi connectivity index (χ4v) is 2.22. The van der Waals surface area contributed by atoms with Gasteiger partial charge in [-0.3, -0.25) is 9.59 Å². The summed E-state index contributed by atoms with van der Waals surface area (Å²) in [6, 6.07) is 3.99. The number of carbonyl (C=O) groups excluding carboxylic acids is 3. The SMILES string of the molecule is COC(=O)c1ccc(N2C(=O)C(Cl)=C(Cl)C2=O)c(Cl)c1. The van der Waals surface area contributed by atoms with Crippen molar-refractivity contribution in [1.29, 1.82) is 0 Å². The van der Waals surface area contributed by atoms with Crippen LogP contribution in [-0.2, 0) is 14.3 Å². The Bertz CT molecular complexity index is 645. The fourth-order valence-electron chi connectivity index (χ4n) is 1.63. The first-order valence-electron chi connectivity index (χ1n) is 5.20. The number of halogens is 3. The normalized spacial score (nSPS) is 15.1. The number of benzene rings is 1. The topological polar surface area (TPSA) is 63.7 Å². The predicted molar refractivity (Wildman–Crippen MR) is 74.0 cm³/mol. The highest BCUT2D eigenvalue weighted by molar-refractivity contribution is 6.62. The molecule has 0 aliphatic carbocycles. The summed E-state index contributed by atoms with van der Waals surface area (Å²) in [6.07, 6.45) is 0. The highest BCUT2D eigenvalue weighted by atomic mass is 35.5. The standard InChI is InChI=1S/C12H6Cl3NO4/c1-20-12(19)5-2-3-7(6(13)4-5)16-10(17)8(14)9(15)11(16)18/h2-4H,1H3. The maximum Gasteiger partial charge on any atom is 0.337 e. The van der Waals surface area contributed by atoms with Gasteiger partial charge >= 0.3 is 5.97 Å². The molecule has 8 heteroatoms. The number of amides is 2. The van der Waals surface area contributed by atoms with Crippen molar-refractivity contribution in [1.82, 2.24) is 0 Å². The van der Waals surface area contributed by atoms with Crippen LogP contribution in [0.5, 0.6) is 0 Å². The van der Waals surface area contributed by atoms with Crippen molar-refractivity contribution in [3.8, 4) is 0 Å². The van der Waals surface area contributed by atoms with Crippen LogP contribution in [0.3, 0.4) is 0 Å². The van der Waals surface area contributed by atoms with Crippen LogP contribution < -0.4 is 4.90 Å². The molecule has 20 heavy (non-hydrogen) atoms. The second-order valence-electron chi connectivity index (χ2n) is 3.73. The number of anilines is 1. The van der Waals surface area contributed by atoms with Gasteiger partial charge < -0.3 is 4.74 Å². The summed E-state index contributed by atoms with van der Waals surface area (Å²) < 4.78 is 4.54. The molecule has 2 rings (SSSR count). The zero-order valence-electron chi connectivity index (χ0n) is 9.95. The Kier molecular flexibility index (Phi) is 4.04. The number of carbonyl (C=O) groups is 3. The molecule has 0 unspecified atom stereocenters. The molecule has 0 saturated heterocycles. The molecule has 5 nitrogen and oxygen atoms in total. The highest BCUT2D eigenvalue weighted by Crippen LogP contribution is 2.35. The van der Waals surface area contributed by atoms with Crippen LogP contribution in [0.2, 0.25) is 5.02 Å². The van der Waals surface area contributed by atoms with Gasteiger partial charge in [-0.15, -0.1) is 0 Å². The van der Waals surface area contributed by atoms with Crippen molar-refractivity contribution in [3.05, 3.63) is 38.8 Å². The minimum atomic E-state index is -0.769. The van der Waals surface area contributed by atoms with E-state index in [-0.39, 0.29) is 26.3 Å². The first-order valence-corrected chi connectivity index (χ1v) is 6.33. The van der Waals surface area contributed by atoms with Gasteiger partial charge in [0, 0.05) is 0 Å². The zero-order chi connectivity index (χ0) is 15.0.